The number of carbonyl (C=O) groups is 2. The summed E-state index contributed by atoms with van der Waals surface area (Å²) in [6.07, 6.45) is 3.15. The van der Waals surface area contributed by atoms with E-state index in [4.69, 9.17) is 4.74 Å². The van der Waals surface area contributed by atoms with E-state index >= 15 is 0 Å². The monoisotopic (exact) mass is 334 g/mol. The van der Waals surface area contributed by atoms with Crippen molar-refractivity contribution < 1.29 is 14.3 Å². The maximum Gasteiger partial charge on any atom is 0.326 e. The second-order valence-corrected chi connectivity index (χ2v) is 4.93. The first-order valence-corrected chi connectivity index (χ1v) is 7.43. The molecule has 0 aliphatic rings. The van der Waals surface area contributed by atoms with Gasteiger partial charge in [-0.25, -0.2) is 14.8 Å². The lowest BCUT2D eigenvalue weighted by Gasteiger charge is -2.08. The summed E-state index contributed by atoms with van der Waals surface area (Å²) in [5.74, 6) is 0.0526. The van der Waals surface area contributed by atoms with Crippen LogP contribution in [0.2, 0.25) is 0 Å². The molecule has 1 heterocycles. The van der Waals surface area contributed by atoms with Gasteiger partial charge in [-0.2, -0.15) is 0 Å². The zero-order valence-corrected chi connectivity index (χ0v) is 13.0. The van der Waals surface area contributed by atoms with Crippen LogP contribution in [-0.4, -0.2) is 21.9 Å². The second kappa shape index (κ2) is 7.69. The minimum atomic E-state index is -0.617. The van der Waals surface area contributed by atoms with Crippen LogP contribution in [0.15, 0.2) is 73.1 Å². The lowest BCUT2D eigenvalue weighted by Crippen LogP contribution is -2.34. The van der Waals surface area contributed by atoms with E-state index < -0.39 is 11.9 Å². The van der Waals surface area contributed by atoms with Gasteiger partial charge in [0.05, 0.1) is 0 Å². The smallest absolute Gasteiger partial charge is 0.326 e. The molecule has 2 N–H and O–H groups in total. The predicted octanol–water partition coefficient (Wildman–Crippen LogP) is 3.23. The van der Waals surface area contributed by atoms with Gasteiger partial charge in [-0.1, -0.05) is 18.2 Å². The first-order valence-electron chi connectivity index (χ1n) is 7.43. The zero-order valence-electron chi connectivity index (χ0n) is 13.0. The SMILES string of the molecule is O=C(NC(=O)c1ccccc1)Nc1ccc(Oc2ncccn2)cc1. The number of ether oxygens (including phenoxy) is 1. The molecule has 3 aromatic rings. The summed E-state index contributed by atoms with van der Waals surface area (Å²) < 4.78 is 5.46. The molecule has 0 atom stereocenters. The molecule has 124 valence electrons. The third kappa shape index (κ3) is 4.61. The lowest BCUT2D eigenvalue weighted by atomic mass is 10.2. The maximum absolute atomic E-state index is 11.9. The average Bonchev–Trinajstić information content (AvgIpc) is 2.65. The van der Waals surface area contributed by atoms with Gasteiger partial charge in [0.1, 0.15) is 5.75 Å². The highest BCUT2D eigenvalue weighted by molar-refractivity contribution is 6.07. The number of anilines is 1. The van der Waals surface area contributed by atoms with E-state index in [1.807, 2.05) is 0 Å². The highest BCUT2D eigenvalue weighted by Gasteiger charge is 2.10. The van der Waals surface area contributed by atoms with Gasteiger partial charge in [-0.15, -0.1) is 0 Å². The van der Waals surface area contributed by atoms with Gasteiger partial charge in [0.2, 0.25) is 0 Å². The minimum absolute atomic E-state index is 0.231. The van der Waals surface area contributed by atoms with E-state index in [1.54, 1.807) is 73.1 Å². The van der Waals surface area contributed by atoms with Crippen LogP contribution in [0, 0.1) is 0 Å². The summed E-state index contributed by atoms with van der Waals surface area (Å²) in [4.78, 5) is 31.7. The Labute approximate surface area is 143 Å². The van der Waals surface area contributed by atoms with Crippen molar-refractivity contribution in [1.29, 1.82) is 0 Å². The number of carbonyl (C=O) groups excluding carboxylic acids is 2. The molecular formula is C18H14N4O3. The Balaban J connectivity index is 1.56. The van der Waals surface area contributed by atoms with Crippen molar-refractivity contribution in [2.75, 3.05) is 5.32 Å². The Morgan fingerprint density at radius 2 is 1.52 bits per heavy atom. The van der Waals surface area contributed by atoms with E-state index in [1.165, 1.54) is 0 Å². The fourth-order valence-electron chi connectivity index (χ4n) is 1.98. The molecule has 0 radical (unpaired) electrons. The Morgan fingerprint density at radius 1 is 0.840 bits per heavy atom. The van der Waals surface area contributed by atoms with Crippen LogP contribution in [0.5, 0.6) is 11.8 Å². The average molecular weight is 334 g/mol. The largest absolute Gasteiger partial charge is 0.424 e. The first kappa shape index (κ1) is 16.1. The highest BCUT2D eigenvalue weighted by Crippen LogP contribution is 2.19. The third-order valence-corrected chi connectivity index (χ3v) is 3.13. The standard InChI is InChI=1S/C18H14N4O3/c23-16(13-5-2-1-3-6-13)22-17(24)21-14-7-9-15(10-8-14)25-18-19-11-4-12-20-18/h1-12H,(H2,21,22,23,24). The first-order chi connectivity index (χ1) is 12.2. The van der Waals surface area contributed by atoms with E-state index in [0.29, 0.717) is 17.0 Å². The van der Waals surface area contributed by atoms with Gasteiger partial charge in [0, 0.05) is 23.6 Å². The Kier molecular flexibility index (Phi) is 4.96. The number of amides is 3. The summed E-state index contributed by atoms with van der Waals surface area (Å²) in [5.41, 5.74) is 0.920. The van der Waals surface area contributed by atoms with Gasteiger partial charge in [-0.05, 0) is 42.5 Å². The predicted molar refractivity (Wildman–Crippen MR) is 91.5 cm³/mol. The van der Waals surface area contributed by atoms with Crippen molar-refractivity contribution >= 4 is 17.6 Å². The number of imide groups is 1. The van der Waals surface area contributed by atoms with Gasteiger partial charge < -0.3 is 10.1 Å². The molecule has 3 amide bonds. The molecule has 0 aliphatic carbocycles. The van der Waals surface area contributed by atoms with Crippen molar-refractivity contribution in [3.05, 3.63) is 78.6 Å². The number of urea groups is 1. The number of nitrogens with zero attached hydrogens (tertiary/aromatic N) is 2. The van der Waals surface area contributed by atoms with E-state index in [-0.39, 0.29) is 6.01 Å². The normalized spacial score (nSPS) is 9.92. The second-order valence-electron chi connectivity index (χ2n) is 4.93. The summed E-state index contributed by atoms with van der Waals surface area (Å²) in [7, 11) is 0. The van der Waals surface area contributed by atoms with Crippen molar-refractivity contribution in [2.45, 2.75) is 0 Å². The van der Waals surface area contributed by atoms with Crippen LogP contribution in [-0.2, 0) is 0 Å². The van der Waals surface area contributed by atoms with E-state index in [0.717, 1.165) is 0 Å². The van der Waals surface area contributed by atoms with Crippen molar-refractivity contribution in [1.82, 2.24) is 15.3 Å². The minimum Gasteiger partial charge on any atom is -0.424 e. The Bertz CT molecular complexity index is 853. The number of rotatable bonds is 4. The number of aromatic nitrogens is 2. The topological polar surface area (TPSA) is 93.2 Å². The molecule has 0 bridgehead atoms. The van der Waals surface area contributed by atoms with Crippen LogP contribution in [0.25, 0.3) is 0 Å². The molecule has 3 rings (SSSR count). The molecule has 2 aromatic carbocycles. The third-order valence-electron chi connectivity index (χ3n) is 3.13. The molecular weight excluding hydrogens is 320 g/mol. The fraction of sp³-hybridized carbons (Fsp3) is 0. The molecule has 0 aliphatic heterocycles. The van der Waals surface area contributed by atoms with Crippen molar-refractivity contribution in [3.63, 3.8) is 0 Å². The van der Waals surface area contributed by atoms with Crippen LogP contribution in [0.3, 0.4) is 0 Å². The van der Waals surface area contributed by atoms with Gasteiger partial charge in [0.25, 0.3) is 5.91 Å². The summed E-state index contributed by atoms with van der Waals surface area (Å²) in [5, 5.41) is 4.83. The van der Waals surface area contributed by atoms with E-state index in [9.17, 15) is 9.59 Å². The Hall–Kier alpha value is -3.74. The van der Waals surface area contributed by atoms with Crippen LogP contribution < -0.4 is 15.4 Å². The van der Waals surface area contributed by atoms with Crippen molar-refractivity contribution in [3.8, 4) is 11.8 Å². The van der Waals surface area contributed by atoms with Gasteiger partial charge in [-0.3, -0.25) is 10.1 Å². The molecule has 0 unspecified atom stereocenters. The van der Waals surface area contributed by atoms with Crippen molar-refractivity contribution in [2.24, 2.45) is 0 Å². The number of benzene rings is 2. The van der Waals surface area contributed by atoms with Crippen LogP contribution in [0.1, 0.15) is 10.4 Å². The molecule has 7 nitrogen and oxygen atoms in total. The maximum atomic E-state index is 11.9. The molecule has 0 saturated carbocycles. The lowest BCUT2D eigenvalue weighted by molar-refractivity contribution is 0.0967. The summed E-state index contributed by atoms with van der Waals surface area (Å²) in [6.45, 7) is 0. The fourth-order valence-corrected chi connectivity index (χ4v) is 1.98. The molecule has 0 saturated heterocycles. The van der Waals surface area contributed by atoms with Gasteiger partial charge >= 0.3 is 12.0 Å². The van der Waals surface area contributed by atoms with Gasteiger partial charge in [0.15, 0.2) is 0 Å². The quantitative estimate of drug-likeness (QED) is 0.764. The number of nitrogens with one attached hydrogen (secondary N) is 2. The zero-order chi connectivity index (χ0) is 17.5. The van der Waals surface area contributed by atoms with E-state index in [2.05, 4.69) is 20.6 Å². The number of hydrogen-bond donors (Lipinski definition) is 2. The Morgan fingerprint density at radius 3 is 2.20 bits per heavy atom. The molecule has 7 heteroatoms. The number of hydrogen-bond acceptors (Lipinski definition) is 5. The summed E-state index contributed by atoms with van der Waals surface area (Å²) in [6, 6.07) is 16.4. The highest BCUT2D eigenvalue weighted by atomic mass is 16.5. The molecule has 25 heavy (non-hydrogen) atoms. The van der Waals surface area contributed by atoms with Crippen LogP contribution in [0.4, 0.5) is 10.5 Å². The molecule has 0 fully saturated rings. The molecule has 1 aromatic heterocycles. The summed E-state index contributed by atoms with van der Waals surface area (Å²) >= 11 is 0. The molecule has 0 spiro atoms. The van der Waals surface area contributed by atoms with Crippen LogP contribution >= 0.6 is 0 Å².